The highest BCUT2D eigenvalue weighted by molar-refractivity contribution is 6.01. The average Bonchev–Trinajstić information content (AvgIpc) is 2.82. The summed E-state index contributed by atoms with van der Waals surface area (Å²) in [6.07, 6.45) is 4.11. The van der Waals surface area contributed by atoms with Crippen LogP contribution < -0.4 is 0 Å². The van der Waals surface area contributed by atoms with Gasteiger partial charge in [0.1, 0.15) is 45.8 Å². The molecule has 0 radical (unpaired) electrons. The van der Waals surface area contributed by atoms with Gasteiger partial charge in [-0.2, -0.15) is 0 Å². The number of aryl methyl sites for hydroxylation is 1. The molecule has 4 aromatic rings. The molecule has 0 aliphatic rings. The zero-order valence-electron chi connectivity index (χ0n) is 19.6. The molecule has 0 spiro atoms. The molecule has 4 rings (SSSR count). The second-order valence-electron chi connectivity index (χ2n) is 8.16. The van der Waals surface area contributed by atoms with E-state index in [0.29, 0.717) is 12.0 Å². The van der Waals surface area contributed by atoms with Crippen molar-refractivity contribution in [3.8, 4) is 40.2 Å². The van der Waals surface area contributed by atoms with E-state index in [1.165, 1.54) is 18.2 Å². The van der Waals surface area contributed by atoms with Gasteiger partial charge in [-0.15, -0.1) is 0 Å². The molecular formula is C29H26O8. The van der Waals surface area contributed by atoms with E-state index < -0.39 is 17.3 Å². The Morgan fingerprint density at radius 1 is 0.541 bits per heavy atom. The van der Waals surface area contributed by atoms with E-state index in [2.05, 4.69) is 0 Å². The van der Waals surface area contributed by atoms with Gasteiger partial charge in [-0.1, -0.05) is 36.4 Å². The third-order valence-electron chi connectivity index (χ3n) is 5.22. The predicted molar refractivity (Wildman–Crippen MR) is 139 cm³/mol. The van der Waals surface area contributed by atoms with E-state index in [1.807, 2.05) is 6.08 Å². The van der Waals surface area contributed by atoms with Crippen molar-refractivity contribution in [2.24, 2.45) is 0 Å². The van der Waals surface area contributed by atoms with Crippen molar-refractivity contribution < 1.29 is 40.5 Å². The molecule has 0 saturated carbocycles. The van der Waals surface area contributed by atoms with Gasteiger partial charge in [-0.05, 0) is 59.5 Å². The van der Waals surface area contributed by atoms with Crippen LogP contribution in [0, 0.1) is 0 Å². The molecular weight excluding hydrogens is 476 g/mol. The molecule has 0 aromatic heterocycles. The lowest BCUT2D eigenvalue weighted by Crippen LogP contribution is -2.02. The smallest absolute Gasteiger partial charge is 0.170 e. The number of rotatable bonds is 6. The van der Waals surface area contributed by atoms with Crippen LogP contribution in [0.4, 0.5) is 0 Å². The minimum absolute atomic E-state index is 0.0235. The van der Waals surface area contributed by atoms with Gasteiger partial charge in [0.15, 0.2) is 5.78 Å². The maximum Gasteiger partial charge on any atom is 0.170 e. The zero-order valence-corrected chi connectivity index (χ0v) is 19.6. The summed E-state index contributed by atoms with van der Waals surface area (Å²) in [5, 5.41) is 65.3. The summed E-state index contributed by atoms with van der Waals surface area (Å²) in [5.41, 5.74) is 2.29. The maximum atomic E-state index is 12.0. The Kier molecular flexibility index (Phi) is 8.62. The van der Waals surface area contributed by atoms with Crippen LogP contribution in [0.3, 0.4) is 0 Å². The summed E-state index contributed by atoms with van der Waals surface area (Å²) in [7, 11) is 0. The fraction of sp³-hybridized carbons (Fsp3) is 0.0690. The first kappa shape index (κ1) is 26.5. The quantitative estimate of drug-likeness (QED) is 0.138. The van der Waals surface area contributed by atoms with E-state index in [1.54, 1.807) is 54.6 Å². The molecule has 7 N–H and O–H groups in total. The first-order valence-electron chi connectivity index (χ1n) is 11.2. The van der Waals surface area contributed by atoms with Crippen molar-refractivity contribution in [1.29, 1.82) is 0 Å². The van der Waals surface area contributed by atoms with Crippen LogP contribution in [0.1, 0.15) is 33.5 Å². The van der Waals surface area contributed by atoms with Gasteiger partial charge in [0, 0.05) is 24.6 Å². The highest BCUT2D eigenvalue weighted by Crippen LogP contribution is 2.33. The summed E-state index contributed by atoms with van der Waals surface area (Å²) in [6.45, 7) is 0. The third kappa shape index (κ3) is 7.97. The zero-order chi connectivity index (χ0) is 26.9. The third-order valence-corrected chi connectivity index (χ3v) is 5.22. The number of aromatic hydroxyl groups is 7. The van der Waals surface area contributed by atoms with Crippen LogP contribution in [-0.2, 0) is 6.42 Å². The van der Waals surface area contributed by atoms with Gasteiger partial charge in [0.05, 0.1) is 0 Å². The summed E-state index contributed by atoms with van der Waals surface area (Å²) in [6, 6.07) is 19.6. The summed E-state index contributed by atoms with van der Waals surface area (Å²) >= 11 is 0. The minimum atomic E-state index is -0.446. The largest absolute Gasteiger partial charge is 0.508 e. The first-order chi connectivity index (χ1) is 17.6. The molecule has 4 aromatic carbocycles. The molecule has 0 amide bonds. The molecule has 0 unspecified atom stereocenters. The second kappa shape index (κ2) is 12.0. The first-order valence-corrected chi connectivity index (χ1v) is 11.2. The number of phenolic OH excluding ortho intramolecular Hbond substituents is 7. The van der Waals surface area contributed by atoms with Crippen molar-refractivity contribution in [2.75, 3.05) is 0 Å². The van der Waals surface area contributed by atoms with Crippen LogP contribution >= 0.6 is 0 Å². The Bertz CT molecular complexity index is 1350. The SMILES string of the molecule is O=C(CCc1ccc(O)cc1)c1c(O)cc(O)cc1O.Oc1ccc(C=Cc2cc(O)cc(O)c2)cc1. The maximum absolute atomic E-state index is 12.0. The number of ketones is 1. The summed E-state index contributed by atoms with van der Waals surface area (Å²) in [4.78, 5) is 12.0. The van der Waals surface area contributed by atoms with E-state index in [4.69, 9.17) is 10.2 Å². The van der Waals surface area contributed by atoms with Gasteiger partial charge >= 0.3 is 0 Å². The molecule has 0 atom stereocenters. The van der Waals surface area contributed by atoms with Crippen molar-refractivity contribution in [3.63, 3.8) is 0 Å². The lowest BCUT2D eigenvalue weighted by molar-refractivity contribution is 0.0977. The molecule has 190 valence electrons. The molecule has 8 heteroatoms. The van der Waals surface area contributed by atoms with E-state index in [-0.39, 0.29) is 40.7 Å². The molecule has 0 heterocycles. The molecule has 0 saturated heterocycles. The van der Waals surface area contributed by atoms with Crippen molar-refractivity contribution in [2.45, 2.75) is 12.8 Å². The lowest BCUT2D eigenvalue weighted by atomic mass is 10.0. The summed E-state index contributed by atoms with van der Waals surface area (Å²) < 4.78 is 0. The van der Waals surface area contributed by atoms with Gasteiger partial charge in [0.25, 0.3) is 0 Å². The highest BCUT2D eigenvalue weighted by atomic mass is 16.3. The van der Waals surface area contributed by atoms with Gasteiger partial charge in [-0.25, -0.2) is 0 Å². The average molecular weight is 503 g/mol. The number of carbonyl (C=O) groups is 1. The number of hydrogen-bond acceptors (Lipinski definition) is 8. The van der Waals surface area contributed by atoms with Crippen LogP contribution in [0.15, 0.2) is 78.9 Å². The van der Waals surface area contributed by atoms with E-state index in [0.717, 1.165) is 23.3 Å². The Balaban J connectivity index is 0.000000208. The Labute approximate surface area is 212 Å². The van der Waals surface area contributed by atoms with Gasteiger partial charge in [0.2, 0.25) is 0 Å². The van der Waals surface area contributed by atoms with E-state index >= 15 is 0 Å². The van der Waals surface area contributed by atoms with Crippen molar-refractivity contribution in [1.82, 2.24) is 0 Å². The topological polar surface area (TPSA) is 159 Å². The number of hydrogen-bond donors (Lipinski definition) is 7. The number of carbonyl (C=O) groups excluding carboxylic acids is 1. The molecule has 0 aliphatic heterocycles. The molecule has 0 fully saturated rings. The van der Waals surface area contributed by atoms with Crippen LogP contribution in [-0.4, -0.2) is 41.5 Å². The second-order valence-corrected chi connectivity index (χ2v) is 8.16. The number of Topliss-reactive ketones (excluding diaryl/α,β-unsaturated/α-hetero) is 1. The molecule has 0 bridgehead atoms. The highest BCUT2D eigenvalue weighted by Gasteiger charge is 2.17. The van der Waals surface area contributed by atoms with Crippen LogP contribution in [0.5, 0.6) is 40.2 Å². The monoisotopic (exact) mass is 502 g/mol. The van der Waals surface area contributed by atoms with Crippen LogP contribution in [0.25, 0.3) is 12.2 Å². The fourth-order valence-corrected chi connectivity index (χ4v) is 3.42. The predicted octanol–water partition coefficient (Wildman–Crippen LogP) is 5.30. The molecule has 0 aliphatic carbocycles. The van der Waals surface area contributed by atoms with Crippen LogP contribution in [0.2, 0.25) is 0 Å². The normalized spacial score (nSPS) is 10.6. The number of benzene rings is 4. The minimum Gasteiger partial charge on any atom is -0.508 e. The Morgan fingerprint density at radius 3 is 1.54 bits per heavy atom. The summed E-state index contributed by atoms with van der Waals surface area (Å²) in [5.74, 6) is -1.21. The van der Waals surface area contributed by atoms with Gasteiger partial charge in [-0.3, -0.25) is 4.79 Å². The van der Waals surface area contributed by atoms with Crippen molar-refractivity contribution >= 4 is 17.9 Å². The van der Waals surface area contributed by atoms with Crippen molar-refractivity contribution in [3.05, 3.63) is 101 Å². The Morgan fingerprint density at radius 2 is 1.00 bits per heavy atom. The standard InChI is InChI=1S/C15H14O5.C14H12O3/c16-10-4-1-9(2-5-10)3-6-12(18)15-13(19)7-11(17)8-14(15)20;15-12-5-3-10(4-6-12)1-2-11-7-13(16)9-14(17)8-11/h1-2,4-5,7-8,16-17,19-20H,3,6H2;1-9,15-17H. The molecule has 8 nitrogen and oxygen atoms in total. The number of phenols is 7. The Hall–Kier alpha value is -5.11. The molecule has 37 heavy (non-hydrogen) atoms. The lowest BCUT2D eigenvalue weighted by Gasteiger charge is -2.07. The fourth-order valence-electron chi connectivity index (χ4n) is 3.42. The van der Waals surface area contributed by atoms with E-state index in [9.17, 15) is 30.3 Å². The van der Waals surface area contributed by atoms with Gasteiger partial charge < -0.3 is 35.7 Å².